The topological polar surface area (TPSA) is 0 Å². The molecule has 0 heteroatoms. The Balaban J connectivity index is 1.76. The van der Waals surface area contributed by atoms with Gasteiger partial charge in [0.2, 0.25) is 0 Å². The Morgan fingerprint density at radius 1 is 0.571 bits per heavy atom. The number of unbranched alkanes of at least 4 members (excludes halogenated alkanes) is 2. The normalized spacial score (nSPS) is 13.2. The summed E-state index contributed by atoms with van der Waals surface area (Å²) in [5.41, 5.74) is 4.46. The van der Waals surface area contributed by atoms with Crippen molar-refractivity contribution in [1.82, 2.24) is 0 Å². The molecule has 3 aromatic rings. The third kappa shape index (κ3) is 6.37. The molecule has 0 aromatic heterocycles. The van der Waals surface area contributed by atoms with E-state index in [4.69, 9.17) is 0 Å². The van der Waals surface area contributed by atoms with Crippen LogP contribution in [0.3, 0.4) is 0 Å². The monoisotopic (exact) mass is 370 g/mol. The summed E-state index contributed by atoms with van der Waals surface area (Å²) in [6.07, 6.45) is 8.86. The highest BCUT2D eigenvalue weighted by Crippen LogP contribution is 2.36. The summed E-state index contributed by atoms with van der Waals surface area (Å²) in [5.74, 6) is 1.25. The lowest BCUT2D eigenvalue weighted by Crippen LogP contribution is -2.09. The minimum Gasteiger partial charge on any atom is -0.0654 e. The molecule has 0 saturated heterocycles. The second kappa shape index (κ2) is 11.5. The first-order valence-corrected chi connectivity index (χ1v) is 11.0. The molecule has 0 amide bonds. The molecule has 0 fully saturated rings. The number of benzene rings is 3. The maximum atomic E-state index is 2.33. The van der Waals surface area contributed by atoms with Gasteiger partial charge in [0, 0.05) is 0 Å². The molecule has 28 heavy (non-hydrogen) atoms. The van der Waals surface area contributed by atoms with E-state index in [-0.39, 0.29) is 0 Å². The van der Waals surface area contributed by atoms with E-state index in [0.29, 0.717) is 11.8 Å². The summed E-state index contributed by atoms with van der Waals surface area (Å²) in [7, 11) is 0. The molecular formula is C28H34. The fraction of sp³-hybridized carbons (Fsp3) is 0.357. The Bertz CT molecular complexity index is 761. The lowest BCUT2D eigenvalue weighted by Gasteiger charge is -2.25. The Morgan fingerprint density at radius 2 is 1.07 bits per heavy atom. The van der Waals surface area contributed by atoms with Crippen LogP contribution in [0.25, 0.3) is 0 Å². The molecule has 0 aliphatic carbocycles. The molecule has 3 rings (SSSR count). The largest absolute Gasteiger partial charge is 0.0654 e. The first-order valence-electron chi connectivity index (χ1n) is 11.0. The van der Waals surface area contributed by atoms with Crippen molar-refractivity contribution in [3.05, 3.63) is 108 Å². The van der Waals surface area contributed by atoms with Crippen molar-refractivity contribution >= 4 is 0 Å². The molecular weight excluding hydrogens is 336 g/mol. The van der Waals surface area contributed by atoms with Gasteiger partial charge in [-0.2, -0.15) is 0 Å². The van der Waals surface area contributed by atoms with E-state index in [1.165, 1.54) is 55.2 Å². The van der Waals surface area contributed by atoms with E-state index in [1.54, 1.807) is 0 Å². The smallest absolute Gasteiger partial charge is 0.0153 e. The van der Waals surface area contributed by atoms with Crippen LogP contribution in [0.2, 0.25) is 0 Å². The molecule has 0 N–H and O–H groups in total. The lowest BCUT2D eigenvalue weighted by molar-refractivity contribution is 0.465. The Kier molecular flexibility index (Phi) is 8.37. The van der Waals surface area contributed by atoms with E-state index in [1.807, 2.05) is 0 Å². The molecule has 0 heterocycles. The van der Waals surface area contributed by atoms with Gasteiger partial charge in [0.15, 0.2) is 0 Å². The van der Waals surface area contributed by atoms with Gasteiger partial charge in [0.05, 0.1) is 0 Å². The van der Waals surface area contributed by atoms with Crippen LogP contribution in [0.15, 0.2) is 91.0 Å². The molecule has 0 saturated carbocycles. The first-order chi connectivity index (χ1) is 13.9. The number of hydrogen-bond donors (Lipinski definition) is 0. The van der Waals surface area contributed by atoms with E-state index >= 15 is 0 Å². The van der Waals surface area contributed by atoms with Crippen LogP contribution in [0.5, 0.6) is 0 Å². The summed E-state index contributed by atoms with van der Waals surface area (Å²) >= 11 is 0. The van der Waals surface area contributed by atoms with Gasteiger partial charge in [-0.3, -0.25) is 0 Å². The molecule has 0 aliphatic heterocycles. The van der Waals surface area contributed by atoms with Gasteiger partial charge in [-0.05, 0) is 54.2 Å². The van der Waals surface area contributed by atoms with E-state index in [9.17, 15) is 0 Å². The van der Waals surface area contributed by atoms with Gasteiger partial charge in [-0.15, -0.1) is 0 Å². The van der Waals surface area contributed by atoms with Crippen LogP contribution in [0.4, 0.5) is 0 Å². The SMILES string of the molecule is CCCCCC(CC(CCc1ccccc1)c1ccccc1)c1ccccc1. The summed E-state index contributed by atoms with van der Waals surface area (Å²) in [6, 6.07) is 33.3. The van der Waals surface area contributed by atoms with Crippen molar-refractivity contribution in [3.8, 4) is 0 Å². The van der Waals surface area contributed by atoms with Crippen molar-refractivity contribution in [3.63, 3.8) is 0 Å². The Morgan fingerprint density at radius 3 is 1.61 bits per heavy atom. The zero-order valence-corrected chi connectivity index (χ0v) is 17.3. The third-order valence-corrected chi connectivity index (χ3v) is 5.89. The highest BCUT2D eigenvalue weighted by atomic mass is 14.2. The van der Waals surface area contributed by atoms with Gasteiger partial charge >= 0.3 is 0 Å². The van der Waals surface area contributed by atoms with E-state index in [0.717, 1.165) is 6.42 Å². The highest BCUT2D eigenvalue weighted by Gasteiger charge is 2.19. The molecule has 0 nitrogen and oxygen atoms in total. The van der Waals surface area contributed by atoms with Crippen LogP contribution < -0.4 is 0 Å². The molecule has 3 aromatic carbocycles. The summed E-state index contributed by atoms with van der Waals surface area (Å²) in [4.78, 5) is 0. The average molecular weight is 371 g/mol. The second-order valence-corrected chi connectivity index (χ2v) is 7.97. The molecule has 2 unspecified atom stereocenters. The van der Waals surface area contributed by atoms with Crippen molar-refractivity contribution < 1.29 is 0 Å². The van der Waals surface area contributed by atoms with Crippen LogP contribution in [0, 0.1) is 0 Å². The standard InChI is InChI=1S/C28H34/c1-2-3-7-20-27(25-16-10-5-11-17-25)23-28(26-18-12-6-13-19-26)22-21-24-14-8-4-9-15-24/h4-6,8-19,27-28H,2-3,7,20-23H2,1H3. The minimum absolute atomic E-state index is 0.605. The van der Waals surface area contributed by atoms with Crippen molar-refractivity contribution in [1.29, 1.82) is 0 Å². The van der Waals surface area contributed by atoms with Gasteiger partial charge in [0.1, 0.15) is 0 Å². The maximum Gasteiger partial charge on any atom is -0.0153 e. The van der Waals surface area contributed by atoms with Crippen LogP contribution in [-0.2, 0) is 6.42 Å². The predicted molar refractivity (Wildman–Crippen MR) is 122 cm³/mol. The van der Waals surface area contributed by atoms with Crippen LogP contribution in [0.1, 0.15) is 74.0 Å². The minimum atomic E-state index is 0.605. The van der Waals surface area contributed by atoms with E-state index < -0.39 is 0 Å². The average Bonchev–Trinajstić information content (AvgIpc) is 2.77. The van der Waals surface area contributed by atoms with Crippen molar-refractivity contribution in [2.45, 2.75) is 63.7 Å². The van der Waals surface area contributed by atoms with E-state index in [2.05, 4.69) is 97.9 Å². The fourth-order valence-corrected chi connectivity index (χ4v) is 4.26. The van der Waals surface area contributed by atoms with Gasteiger partial charge in [0.25, 0.3) is 0 Å². The second-order valence-electron chi connectivity index (χ2n) is 7.97. The van der Waals surface area contributed by atoms with Gasteiger partial charge in [-0.25, -0.2) is 0 Å². The van der Waals surface area contributed by atoms with Gasteiger partial charge < -0.3 is 0 Å². The molecule has 146 valence electrons. The number of hydrogen-bond acceptors (Lipinski definition) is 0. The highest BCUT2D eigenvalue weighted by molar-refractivity contribution is 5.24. The quantitative estimate of drug-likeness (QED) is 0.299. The number of aryl methyl sites for hydroxylation is 1. The zero-order chi connectivity index (χ0) is 19.4. The Hall–Kier alpha value is -2.34. The summed E-state index contributed by atoms with van der Waals surface area (Å²) in [5, 5.41) is 0. The third-order valence-electron chi connectivity index (χ3n) is 5.89. The Labute approximate surface area is 171 Å². The molecule has 0 spiro atoms. The maximum absolute atomic E-state index is 2.33. The molecule has 0 aliphatic rings. The van der Waals surface area contributed by atoms with Crippen molar-refractivity contribution in [2.24, 2.45) is 0 Å². The summed E-state index contributed by atoms with van der Waals surface area (Å²) < 4.78 is 0. The number of rotatable bonds is 11. The van der Waals surface area contributed by atoms with Gasteiger partial charge in [-0.1, -0.05) is 117 Å². The predicted octanol–water partition coefficient (Wildman–Crippen LogP) is 8.16. The van der Waals surface area contributed by atoms with Crippen molar-refractivity contribution in [2.75, 3.05) is 0 Å². The fourth-order valence-electron chi connectivity index (χ4n) is 4.26. The molecule has 0 bridgehead atoms. The lowest BCUT2D eigenvalue weighted by atomic mass is 9.80. The summed E-state index contributed by atoms with van der Waals surface area (Å²) in [6.45, 7) is 2.30. The molecule has 0 radical (unpaired) electrons. The zero-order valence-electron chi connectivity index (χ0n) is 17.3. The van der Waals surface area contributed by atoms with Crippen LogP contribution >= 0.6 is 0 Å². The first kappa shape index (κ1) is 20.4. The molecule has 2 atom stereocenters. The van der Waals surface area contributed by atoms with Crippen LogP contribution in [-0.4, -0.2) is 0 Å².